The second kappa shape index (κ2) is 5.81. The Hall–Kier alpha value is -2.24. The highest BCUT2D eigenvalue weighted by molar-refractivity contribution is 5.48. The molecule has 0 fully saturated rings. The van der Waals surface area contributed by atoms with E-state index in [4.69, 9.17) is 0 Å². The summed E-state index contributed by atoms with van der Waals surface area (Å²) in [6, 6.07) is 7.72. The first-order chi connectivity index (χ1) is 9.44. The van der Waals surface area contributed by atoms with E-state index < -0.39 is 6.36 Å². The summed E-state index contributed by atoms with van der Waals surface area (Å²) in [5.74, 6) is -0.222. The minimum Gasteiger partial charge on any atom is -0.406 e. The number of aromatic nitrogens is 1. The van der Waals surface area contributed by atoms with Crippen molar-refractivity contribution in [1.29, 1.82) is 0 Å². The second-order valence-corrected chi connectivity index (χ2v) is 4.24. The van der Waals surface area contributed by atoms with E-state index in [0.29, 0.717) is 12.1 Å². The molecule has 0 atom stereocenters. The first kappa shape index (κ1) is 14.2. The molecule has 0 aliphatic carbocycles. The fourth-order valence-electron chi connectivity index (χ4n) is 1.70. The van der Waals surface area contributed by atoms with Crippen molar-refractivity contribution in [1.82, 2.24) is 4.98 Å². The summed E-state index contributed by atoms with van der Waals surface area (Å²) < 4.78 is 40.3. The number of hydrogen-bond donors (Lipinski definition) is 1. The maximum absolute atomic E-state index is 12.1. The van der Waals surface area contributed by atoms with E-state index in [1.807, 2.05) is 13.0 Å². The van der Waals surface area contributed by atoms with Crippen molar-refractivity contribution in [3.8, 4) is 5.75 Å². The molecule has 0 bridgehead atoms. The van der Waals surface area contributed by atoms with Crippen molar-refractivity contribution in [3.63, 3.8) is 0 Å². The van der Waals surface area contributed by atoms with Crippen LogP contribution in [-0.4, -0.2) is 11.3 Å². The van der Waals surface area contributed by atoms with Crippen LogP contribution in [0.4, 0.5) is 18.9 Å². The summed E-state index contributed by atoms with van der Waals surface area (Å²) in [5.41, 5.74) is 2.55. The molecule has 6 heteroatoms. The van der Waals surface area contributed by atoms with E-state index in [2.05, 4.69) is 15.0 Å². The van der Waals surface area contributed by atoms with Crippen LogP contribution >= 0.6 is 0 Å². The van der Waals surface area contributed by atoms with Gasteiger partial charge in [0.2, 0.25) is 0 Å². The Bertz CT molecular complexity index is 585. The molecular weight excluding hydrogens is 269 g/mol. The Labute approximate surface area is 114 Å². The number of hydrogen-bond acceptors (Lipinski definition) is 3. The predicted molar refractivity (Wildman–Crippen MR) is 69.4 cm³/mol. The summed E-state index contributed by atoms with van der Waals surface area (Å²) in [6.45, 7) is 2.31. The van der Waals surface area contributed by atoms with Crippen LogP contribution in [0.1, 0.15) is 11.1 Å². The van der Waals surface area contributed by atoms with Crippen LogP contribution in [0.2, 0.25) is 0 Å². The van der Waals surface area contributed by atoms with Crippen molar-refractivity contribution in [2.75, 3.05) is 5.32 Å². The molecule has 0 aliphatic heterocycles. The van der Waals surface area contributed by atoms with E-state index in [9.17, 15) is 13.2 Å². The van der Waals surface area contributed by atoms with Crippen molar-refractivity contribution in [2.24, 2.45) is 0 Å². The Morgan fingerprint density at radius 3 is 2.75 bits per heavy atom. The molecule has 1 heterocycles. The molecule has 1 aromatic carbocycles. The van der Waals surface area contributed by atoms with Crippen LogP contribution in [0.25, 0.3) is 0 Å². The van der Waals surface area contributed by atoms with Crippen LogP contribution in [0, 0.1) is 6.92 Å². The standard InChI is InChI=1S/C14H13F3N2O/c1-10-5-6-18-9-13(10)19-8-11-3-2-4-12(7-11)20-14(15,16)17/h2-7,9,19H,8H2,1H3. The lowest BCUT2D eigenvalue weighted by Crippen LogP contribution is -2.17. The lowest BCUT2D eigenvalue weighted by Gasteiger charge is -2.11. The number of ether oxygens (including phenoxy) is 1. The average molecular weight is 282 g/mol. The number of aryl methyl sites for hydroxylation is 1. The Balaban J connectivity index is 2.03. The minimum absolute atomic E-state index is 0.222. The molecular formula is C14H13F3N2O. The van der Waals surface area contributed by atoms with Gasteiger partial charge < -0.3 is 10.1 Å². The first-order valence-corrected chi connectivity index (χ1v) is 5.93. The van der Waals surface area contributed by atoms with Gasteiger partial charge in [-0.05, 0) is 36.2 Å². The van der Waals surface area contributed by atoms with Crippen LogP contribution in [0.3, 0.4) is 0 Å². The van der Waals surface area contributed by atoms with E-state index in [1.165, 1.54) is 18.2 Å². The molecule has 0 radical (unpaired) electrons. The number of pyridine rings is 1. The van der Waals surface area contributed by atoms with Gasteiger partial charge in [-0.1, -0.05) is 12.1 Å². The van der Waals surface area contributed by atoms with E-state index >= 15 is 0 Å². The Morgan fingerprint density at radius 1 is 1.25 bits per heavy atom. The van der Waals surface area contributed by atoms with Gasteiger partial charge in [-0.2, -0.15) is 0 Å². The number of benzene rings is 1. The topological polar surface area (TPSA) is 34.2 Å². The maximum atomic E-state index is 12.1. The number of anilines is 1. The quantitative estimate of drug-likeness (QED) is 0.923. The molecule has 2 rings (SSSR count). The number of nitrogens with one attached hydrogen (secondary N) is 1. The fourth-order valence-corrected chi connectivity index (χ4v) is 1.70. The van der Waals surface area contributed by atoms with Gasteiger partial charge in [-0.15, -0.1) is 13.2 Å². The molecule has 0 spiro atoms. The summed E-state index contributed by atoms with van der Waals surface area (Å²) >= 11 is 0. The zero-order valence-corrected chi connectivity index (χ0v) is 10.7. The average Bonchev–Trinajstić information content (AvgIpc) is 2.36. The third kappa shape index (κ3) is 4.15. The molecule has 1 aromatic heterocycles. The van der Waals surface area contributed by atoms with E-state index in [0.717, 1.165) is 11.3 Å². The lowest BCUT2D eigenvalue weighted by atomic mass is 10.2. The Morgan fingerprint density at radius 2 is 2.05 bits per heavy atom. The molecule has 20 heavy (non-hydrogen) atoms. The smallest absolute Gasteiger partial charge is 0.406 e. The number of rotatable bonds is 4. The summed E-state index contributed by atoms with van der Waals surface area (Å²) in [7, 11) is 0. The second-order valence-electron chi connectivity index (χ2n) is 4.24. The van der Waals surface area contributed by atoms with Crippen molar-refractivity contribution in [3.05, 3.63) is 53.9 Å². The third-order valence-corrected chi connectivity index (χ3v) is 2.65. The van der Waals surface area contributed by atoms with Gasteiger partial charge in [0.1, 0.15) is 5.75 Å². The summed E-state index contributed by atoms with van der Waals surface area (Å²) in [5, 5.41) is 3.12. The monoisotopic (exact) mass is 282 g/mol. The number of nitrogens with zero attached hydrogens (tertiary/aromatic N) is 1. The first-order valence-electron chi connectivity index (χ1n) is 5.93. The van der Waals surface area contributed by atoms with Gasteiger partial charge in [0.05, 0.1) is 11.9 Å². The third-order valence-electron chi connectivity index (χ3n) is 2.65. The van der Waals surface area contributed by atoms with Gasteiger partial charge in [0, 0.05) is 12.7 Å². The lowest BCUT2D eigenvalue weighted by molar-refractivity contribution is -0.274. The van der Waals surface area contributed by atoms with Crippen LogP contribution in [0.5, 0.6) is 5.75 Å². The van der Waals surface area contributed by atoms with Crippen molar-refractivity contribution < 1.29 is 17.9 Å². The molecule has 3 nitrogen and oxygen atoms in total. The van der Waals surface area contributed by atoms with Crippen molar-refractivity contribution >= 4 is 5.69 Å². The Kier molecular flexibility index (Phi) is 4.12. The summed E-state index contributed by atoms with van der Waals surface area (Å²) in [6.07, 6.45) is -1.32. The number of alkyl halides is 3. The van der Waals surface area contributed by atoms with Crippen LogP contribution < -0.4 is 10.1 Å². The molecule has 0 saturated heterocycles. The molecule has 2 aromatic rings. The van der Waals surface area contributed by atoms with Gasteiger partial charge in [0.25, 0.3) is 0 Å². The van der Waals surface area contributed by atoms with E-state index in [1.54, 1.807) is 18.5 Å². The SMILES string of the molecule is Cc1ccncc1NCc1cccc(OC(F)(F)F)c1. The molecule has 106 valence electrons. The fraction of sp³-hybridized carbons (Fsp3) is 0.214. The molecule has 0 amide bonds. The minimum atomic E-state index is -4.67. The van der Waals surface area contributed by atoms with Crippen LogP contribution in [0.15, 0.2) is 42.7 Å². The van der Waals surface area contributed by atoms with Gasteiger partial charge in [0.15, 0.2) is 0 Å². The maximum Gasteiger partial charge on any atom is 0.573 e. The van der Waals surface area contributed by atoms with E-state index in [-0.39, 0.29) is 5.75 Å². The normalized spacial score (nSPS) is 11.2. The zero-order chi connectivity index (χ0) is 14.6. The molecule has 0 unspecified atom stereocenters. The van der Waals surface area contributed by atoms with Crippen molar-refractivity contribution in [2.45, 2.75) is 19.8 Å². The van der Waals surface area contributed by atoms with Gasteiger partial charge in [-0.3, -0.25) is 4.98 Å². The molecule has 0 saturated carbocycles. The van der Waals surface area contributed by atoms with Gasteiger partial charge in [-0.25, -0.2) is 0 Å². The number of halogens is 3. The van der Waals surface area contributed by atoms with Crippen LogP contribution in [-0.2, 0) is 6.54 Å². The van der Waals surface area contributed by atoms with Gasteiger partial charge >= 0.3 is 6.36 Å². The highest BCUT2D eigenvalue weighted by atomic mass is 19.4. The zero-order valence-electron chi connectivity index (χ0n) is 10.7. The predicted octanol–water partition coefficient (Wildman–Crippen LogP) is 3.90. The summed E-state index contributed by atoms with van der Waals surface area (Å²) in [4.78, 5) is 3.99. The highest BCUT2D eigenvalue weighted by Crippen LogP contribution is 2.23. The largest absolute Gasteiger partial charge is 0.573 e. The molecule has 1 N–H and O–H groups in total. The molecule has 0 aliphatic rings. The highest BCUT2D eigenvalue weighted by Gasteiger charge is 2.31.